The molecule has 0 bridgehead atoms. The van der Waals surface area contributed by atoms with E-state index >= 15 is 0 Å². The van der Waals surface area contributed by atoms with Crippen LogP contribution >= 0.6 is 15.9 Å². The number of rotatable bonds is 8. The number of hydrogen-bond donors (Lipinski definition) is 1. The molecule has 1 N–H and O–H groups in total. The van der Waals surface area contributed by atoms with E-state index in [2.05, 4.69) is 39.4 Å². The van der Waals surface area contributed by atoms with Gasteiger partial charge in [-0.05, 0) is 58.3 Å². The molecule has 174 valence electrons. The second kappa shape index (κ2) is 11.4. The summed E-state index contributed by atoms with van der Waals surface area (Å²) in [4.78, 5) is 12.7. The summed E-state index contributed by atoms with van der Waals surface area (Å²) in [7, 11) is 1.60. The first-order chi connectivity index (χ1) is 17.1. The summed E-state index contributed by atoms with van der Waals surface area (Å²) < 4.78 is 12.1. The lowest BCUT2D eigenvalue weighted by atomic mass is 10.1. The van der Waals surface area contributed by atoms with Gasteiger partial charge in [0.1, 0.15) is 29.7 Å². The number of hydrogen-bond acceptors (Lipinski definition) is 4. The number of ether oxygens (including phenoxy) is 2. The van der Waals surface area contributed by atoms with E-state index in [0.29, 0.717) is 24.5 Å². The molecule has 6 heteroatoms. The highest BCUT2D eigenvalue weighted by atomic mass is 79.9. The van der Waals surface area contributed by atoms with Crippen LogP contribution in [0.25, 0.3) is 16.8 Å². The Bertz CT molecular complexity index is 1420. The van der Waals surface area contributed by atoms with E-state index in [4.69, 9.17) is 9.47 Å². The summed E-state index contributed by atoms with van der Waals surface area (Å²) in [5.74, 6) is 0.864. The number of carbonyl (C=O) groups excluding carboxylic acids is 1. The number of benzene rings is 4. The SMILES string of the molecule is COc1ccc(CNC(=O)/C(C#N)=C\c2cc(Br)ccc2OCc2cccc3ccccc23)cc1. The number of halogens is 1. The number of fused-ring (bicyclic) bond motifs is 1. The van der Waals surface area contributed by atoms with Crippen LogP contribution in [-0.2, 0) is 17.9 Å². The van der Waals surface area contributed by atoms with Crippen LogP contribution in [0, 0.1) is 11.3 Å². The van der Waals surface area contributed by atoms with Gasteiger partial charge in [0.15, 0.2) is 0 Å². The first-order valence-corrected chi connectivity index (χ1v) is 11.8. The van der Waals surface area contributed by atoms with Crippen LogP contribution in [0.2, 0.25) is 0 Å². The van der Waals surface area contributed by atoms with Gasteiger partial charge < -0.3 is 14.8 Å². The summed E-state index contributed by atoms with van der Waals surface area (Å²) in [6, 6.07) is 29.1. The Morgan fingerprint density at radius 1 is 1.03 bits per heavy atom. The third-order valence-electron chi connectivity index (χ3n) is 5.51. The monoisotopic (exact) mass is 526 g/mol. The highest BCUT2D eigenvalue weighted by Gasteiger charge is 2.12. The van der Waals surface area contributed by atoms with Crippen LogP contribution < -0.4 is 14.8 Å². The number of nitrogens with one attached hydrogen (secondary N) is 1. The molecular formula is C29H23BrN2O3. The number of methoxy groups -OCH3 is 1. The van der Waals surface area contributed by atoms with Crippen molar-refractivity contribution in [1.29, 1.82) is 5.26 Å². The third-order valence-corrected chi connectivity index (χ3v) is 6.01. The summed E-state index contributed by atoms with van der Waals surface area (Å²) in [5, 5.41) is 14.7. The molecule has 0 spiro atoms. The lowest BCUT2D eigenvalue weighted by Crippen LogP contribution is -2.23. The third kappa shape index (κ3) is 6.08. The summed E-state index contributed by atoms with van der Waals surface area (Å²) >= 11 is 3.47. The van der Waals surface area contributed by atoms with Crippen molar-refractivity contribution < 1.29 is 14.3 Å². The molecule has 4 rings (SSSR count). The minimum absolute atomic E-state index is 0.00776. The number of nitrogens with zero attached hydrogens (tertiary/aromatic N) is 1. The highest BCUT2D eigenvalue weighted by Crippen LogP contribution is 2.28. The first kappa shape index (κ1) is 24.1. The molecule has 0 saturated carbocycles. The minimum Gasteiger partial charge on any atom is -0.497 e. The molecule has 0 radical (unpaired) electrons. The van der Waals surface area contributed by atoms with Crippen LogP contribution in [0.5, 0.6) is 11.5 Å². The highest BCUT2D eigenvalue weighted by molar-refractivity contribution is 9.10. The van der Waals surface area contributed by atoms with Crippen LogP contribution in [0.4, 0.5) is 0 Å². The summed E-state index contributed by atoms with van der Waals surface area (Å²) in [6.45, 7) is 0.653. The molecule has 0 aliphatic carbocycles. The van der Waals surface area contributed by atoms with Crippen molar-refractivity contribution in [1.82, 2.24) is 5.32 Å². The van der Waals surface area contributed by atoms with Crippen molar-refractivity contribution in [3.63, 3.8) is 0 Å². The van der Waals surface area contributed by atoms with Crippen molar-refractivity contribution in [3.05, 3.63) is 112 Å². The Morgan fingerprint density at radius 2 is 1.80 bits per heavy atom. The van der Waals surface area contributed by atoms with E-state index in [1.807, 2.05) is 72.8 Å². The summed E-state index contributed by atoms with van der Waals surface area (Å²) in [5.41, 5.74) is 2.58. The Balaban J connectivity index is 1.51. The van der Waals surface area contributed by atoms with Gasteiger partial charge >= 0.3 is 0 Å². The minimum atomic E-state index is -0.455. The maximum absolute atomic E-state index is 12.7. The second-order valence-corrected chi connectivity index (χ2v) is 8.73. The van der Waals surface area contributed by atoms with Gasteiger partial charge in [-0.25, -0.2) is 0 Å². The number of carbonyl (C=O) groups is 1. The zero-order chi connectivity index (χ0) is 24.6. The predicted octanol–water partition coefficient (Wildman–Crippen LogP) is 6.41. The smallest absolute Gasteiger partial charge is 0.262 e. The fourth-order valence-corrected chi connectivity index (χ4v) is 4.04. The lowest BCUT2D eigenvalue weighted by Gasteiger charge is -2.12. The van der Waals surface area contributed by atoms with Crippen LogP contribution in [-0.4, -0.2) is 13.0 Å². The van der Waals surface area contributed by atoms with Gasteiger partial charge in [0.05, 0.1) is 7.11 Å². The van der Waals surface area contributed by atoms with Crippen molar-refractivity contribution in [2.75, 3.05) is 7.11 Å². The molecule has 35 heavy (non-hydrogen) atoms. The van der Waals surface area contributed by atoms with Crippen molar-refractivity contribution in [3.8, 4) is 17.6 Å². The van der Waals surface area contributed by atoms with Crippen LogP contribution in [0.3, 0.4) is 0 Å². The Kier molecular flexibility index (Phi) is 7.81. The molecule has 0 fully saturated rings. The zero-order valence-corrected chi connectivity index (χ0v) is 20.7. The Labute approximate surface area is 212 Å². The lowest BCUT2D eigenvalue weighted by molar-refractivity contribution is -0.117. The molecule has 1 amide bonds. The van der Waals surface area contributed by atoms with Crippen molar-refractivity contribution in [2.24, 2.45) is 0 Å². The number of amides is 1. The van der Waals surface area contributed by atoms with E-state index < -0.39 is 5.91 Å². The fourth-order valence-electron chi connectivity index (χ4n) is 3.66. The van der Waals surface area contributed by atoms with E-state index in [-0.39, 0.29) is 5.57 Å². The molecular weight excluding hydrogens is 504 g/mol. The van der Waals surface area contributed by atoms with Crippen LogP contribution in [0.1, 0.15) is 16.7 Å². The topological polar surface area (TPSA) is 71.3 Å². The van der Waals surface area contributed by atoms with Gasteiger partial charge in [-0.15, -0.1) is 0 Å². The largest absolute Gasteiger partial charge is 0.497 e. The maximum atomic E-state index is 12.7. The fraction of sp³-hybridized carbons (Fsp3) is 0.103. The summed E-state index contributed by atoms with van der Waals surface area (Å²) in [6.07, 6.45) is 1.55. The van der Waals surface area contributed by atoms with Gasteiger partial charge in [0.25, 0.3) is 5.91 Å². The van der Waals surface area contributed by atoms with Gasteiger partial charge in [-0.1, -0.05) is 70.5 Å². The van der Waals surface area contributed by atoms with Gasteiger partial charge in [-0.2, -0.15) is 5.26 Å². The Morgan fingerprint density at radius 3 is 2.57 bits per heavy atom. The van der Waals surface area contributed by atoms with Crippen molar-refractivity contribution in [2.45, 2.75) is 13.2 Å². The Hall–Kier alpha value is -4.08. The normalized spacial score (nSPS) is 11.1. The molecule has 4 aromatic carbocycles. The average Bonchev–Trinajstić information content (AvgIpc) is 2.90. The molecule has 0 aromatic heterocycles. The van der Waals surface area contributed by atoms with Gasteiger partial charge in [0, 0.05) is 16.6 Å². The molecule has 0 aliphatic rings. The quantitative estimate of drug-likeness (QED) is 0.212. The molecule has 5 nitrogen and oxygen atoms in total. The molecule has 0 unspecified atom stereocenters. The molecule has 0 saturated heterocycles. The van der Waals surface area contributed by atoms with Crippen LogP contribution in [0.15, 0.2) is 95.0 Å². The van der Waals surface area contributed by atoms with Gasteiger partial charge in [-0.3, -0.25) is 4.79 Å². The molecule has 4 aromatic rings. The molecule has 0 atom stereocenters. The molecule has 0 aliphatic heterocycles. The number of nitriles is 1. The van der Waals surface area contributed by atoms with E-state index in [1.165, 1.54) is 0 Å². The van der Waals surface area contributed by atoms with Gasteiger partial charge in [0.2, 0.25) is 0 Å². The standard InChI is InChI=1S/C29H23BrN2O3/c1-34-26-12-9-20(10-13-26)18-32-29(33)24(17-31)15-23-16-25(30)11-14-28(23)35-19-22-7-4-6-21-5-2-3-8-27(21)22/h2-16H,18-19H2,1H3,(H,32,33)/b24-15-. The van der Waals surface area contributed by atoms with E-state index in [0.717, 1.165) is 32.1 Å². The first-order valence-electron chi connectivity index (χ1n) is 11.0. The second-order valence-electron chi connectivity index (χ2n) is 7.81. The van der Waals surface area contributed by atoms with Crippen molar-refractivity contribution >= 4 is 38.7 Å². The maximum Gasteiger partial charge on any atom is 0.262 e. The predicted molar refractivity (Wildman–Crippen MR) is 141 cm³/mol. The zero-order valence-electron chi connectivity index (χ0n) is 19.1. The molecule has 0 heterocycles. The van der Waals surface area contributed by atoms with E-state index in [1.54, 1.807) is 13.2 Å². The van der Waals surface area contributed by atoms with E-state index in [9.17, 15) is 10.1 Å². The average molecular weight is 527 g/mol.